The van der Waals surface area contributed by atoms with Gasteiger partial charge in [-0.1, -0.05) is 15.9 Å². The molecule has 3 aromatic heterocycles. The molecule has 29 heteroatoms. The fraction of sp³-hybridized carbons (Fsp3) is 0.261. The quantitative estimate of drug-likeness (QED) is 0.0218. The van der Waals surface area contributed by atoms with Crippen LogP contribution >= 0.6 is 47.8 Å². The Morgan fingerprint density at radius 3 is 1.50 bits per heavy atom. The summed E-state index contributed by atoms with van der Waals surface area (Å²) in [5.74, 6) is -3.92. The van der Waals surface area contributed by atoms with E-state index in [1.54, 1.807) is 24.9 Å². The normalized spacial score (nSPS) is 15.3. The topological polar surface area (TPSA) is 270 Å². The van der Waals surface area contributed by atoms with Gasteiger partial charge >= 0.3 is 19.1 Å². The van der Waals surface area contributed by atoms with Gasteiger partial charge in [0.25, 0.3) is 5.69 Å². The molecule has 0 amide bonds. The molecular formula is C69H70BBr3F3N11O11. The summed E-state index contributed by atoms with van der Waals surface area (Å²) in [6, 6.07) is 34.3. The van der Waals surface area contributed by atoms with Crippen LogP contribution in [0.4, 0.5) is 35.9 Å². The number of anilines is 3. The number of hydrogen-bond donors (Lipinski definition) is 3. The minimum absolute atomic E-state index is 0.0875. The Morgan fingerprint density at radius 2 is 1.10 bits per heavy atom. The van der Waals surface area contributed by atoms with Gasteiger partial charge in [0.15, 0.2) is 35.2 Å². The molecule has 0 radical (unpaired) electrons. The monoisotopic (exact) mass is 1530 g/mol. The number of halogens is 6. The molecule has 4 fully saturated rings. The van der Waals surface area contributed by atoms with E-state index in [4.69, 9.17) is 19.8 Å². The second-order valence-electron chi connectivity index (χ2n) is 23.2. The van der Waals surface area contributed by atoms with Crippen LogP contribution in [-0.4, -0.2) is 120 Å². The molecule has 5 aliphatic rings. The maximum Gasteiger partial charge on any atom is 0.494 e. The van der Waals surface area contributed by atoms with Crippen LogP contribution in [0.5, 0.6) is 17.2 Å². The second kappa shape index (κ2) is 34.7. The van der Waals surface area contributed by atoms with Crippen molar-refractivity contribution in [3.05, 3.63) is 212 Å². The van der Waals surface area contributed by atoms with Crippen molar-refractivity contribution in [3.63, 3.8) is 0 Å². The molecular weight excluding hydrogens is 1470 g/mol. The summed E-state index contributed by atoms with van der Waals surface area (Å²) in [5, 5.41) is 29.0. The number of aldehydes is 1. The minimum Gasteiger partial charge on any atom is -0.504 e. The molecule has 14 rings (SSSR count). The number of carbonyl (C=O) groups is 3. The molecule has 0 unspecified atom stereocenters. The van der Waals surface area contributed by atoms with E-state index in [1.165, 1.54) is 73.9 Å². The van der Waals surface area contributed by atoms with E-state index in [-0.39, 0.29) is 29.8 Å². The van der Waals surface area contributed by atoms with Gasteiger partial charge in [-0.3, -0.25) is 29.5 Å². The van der Waals surface area contributed by atoms with Gasteiger partial charge in [-0.2, -0.15) is 0 Å². The van der Waals surface area contributed by atoms with Gasteiger partial charge in [-0.05, 0) is 200 Å². The van der Waals surface area contributed by atoms with Gasteiger partial charge in [0, 0.05) is 120 Å². The number of aromatic nitrogens is 6. The molecule has 0 bridgehead atoms. The predicted octanol–water partition coefficient (Wildman–Crippen LogP) is 14.4. The highest BCUT2D eigenvalue weighted by atomic mass is 79.9. The van der Waals surface area contributed by atoms with Crippen LogP contribution in [0.2, 0.25) is 0 Å². The molecule has 9 aromatic rings. The molecule has 0 aliphatic carbocycles. The van der Waals surface area contributed by atoms with Crippen LogP contribution in [0, 0.1) is 27.6 Å². The third-order valence-corrected chi connectivity index (χ3v) is 17.2. The van der Waals surface area contributed by atoms with Gasteiger partial charge < -0.3 is 58.2 Å². The number of nitrogen functional groups attached to an aromatic ring is 1. The van der Waals surface area contributed by atoms with Crippen LogP contribution in [-0.2, 0) is 23.6 Å². The standard InChI is InChI=1S/C20H20FN3O2.C13H16BFO4.C13H14BrN3.C9H8BrN3.C6H4FNO2.C4H4BrN.C4H4O3/c1-26-19-11-14(10-17(21)20(19)25)18-12-24(13-22-18)16-6-4-15(5-7-16)23-8-2-3-9-23;1-12(2)13(3,4)19-14(18-12)9-5-8(7-16)11(17)10(15)6-9;14-13-9-17(10-15-13)12-5-3-11(4-6-12)16-7-1-2-8-16;10-9-5-13(6-12-9)8-3-1-7(11)2-4-8;7-5-1-3-6(4-2-5)8(9)10;5-4-1-2-6-3-4;5-3-1-2-4(6)7-3/h4-7,10-13,25H,2-3,8-9H2,1H3;5-7,17H,1-4H3;3-6,9-10H,1-2,7-8H2;1-6H,11H2;1-4H;2-3H,1H2;1-2H2. The number of methoxy groups -OCH3 is 1. The van der Waals surface area contributed by atoms with Crippen molar-refractivity contribution >= 4 is 108 Å². The fourth-order valence-electron chi connectivity index (χ4n) is 9.81. The SMILES string of the molecule is BrC1=CN=CC1.Brc1cn(-c2ccc(N3CCCC3)cc2)cn1.CC1(C)OB(c2cc(F)c(O)c(C=O)c2)OC1(C)C.COc1cc(-c2cn(-c3ccc(N4CCCC4)cc3)cn2)cc(F)c1O.Nc1ccc(-n2cnc(Br)c2)cc1.O=C1CCC(=O)O1.O=[N+]([O-])c1ccc(F)cc1. The largest absolute Gasteiger partial charge is 0.504 e. The molecule has 98 heavy (non-hydrogen) atoms. The lowest BCUT2D eigenvalue weighted by Gasteiger charge is -2.32. The first-order valence-electron chi connectivity index (χ1n) is 30.7. The number of allylic oxidation sites excluding steroid dienone is 1. The Balaban J connectivity index is 0.000000153. The van der Waals surface area contributed by atoms with E-state index in [9.17, 15) is 47.9 Å². The van der Waals surface area contributed by atoms with E-state index in [2.05, 4.69) is 131 Å². The molecule has 0 saturated carbocycles. The number of nitrogens with two attached hydrogens (primary N) is 1. The molecule has 5 aliphatic heterocycles. The third-order valence-electron chi connectivity index (χ3n) is 15.8. The Labute approximate surface area is 589 Å². The van der Waals surface area contributed by atoms with Crippen molar-refractivity contribution < 1.29 is 61.5 Å². The lowest BCUT2D eigenvalue weighted by atomic mass is 9.78. The summed E-state index contributed by atoms with van der Waals surface area (Å²) >= 11 is 9.92. The first-order chi connectivity index (χ1) is 46.8. The van der Waals surface area contributed by atoms with E-state index < -0.39 is 64.1 Å². The minimum atomic E-state index is -0.866. The lowest BCUT2D eigenvalue weighted by Crippen LogP contribution is -2.41. The zero-order valence-corrected chi connectivity index (χ0v) is 58.7. The highest BCUT2D eigenvalue weighted by Crippen LogP contribution is 2.38. The Kier molecular flexibility index (Phi) is 26.3. The highest BCUT2D eigenvalue weighted by molar-refractivity contribution is 9.11. The number of aliphatic imine (C=N–C) groups is 1. The van der Waals surface area contributed by atoms with Crippen molar-refractivity contribution in [2.75, 3.05) is 48.8 Å². The number of imidazole rings is 3. The number of phenolic OH excluding ortho intramolecular Hbond substituents is 2. The smallest absolute Gasteiger partial charge is 0.494 e. The van der Waals surface area contributed by atoms with E-state index in [0.717, 1.165) is 81.8 Å². The number of cyclic esters (lactones) is 2. The summed E-state index contributed by atoms with van der Waals surface area (Å²) in [4.78, 5) is 61.5. The Hall–Kier alpha value is -9.42. The fourth-order valence-corrected chi connectivity index (χ4v) is 10.7. The van der Waals surface area contributed by atoms with Crippen LogP contribution in [0.3, 0.4) is 0 Å². The highest BCUT2D eigenvalue weighted by Gasteiger charge is 2.52. The number of non-ortho nitro benzene ring substituents is 1. The molecule has 22 nitrogen and oxygen atoms in total. The van der Waals surface area contributed by atoms with Gasteiger partial charge in [0.1, 0.15) is 27.7 Å². The summed E-state index contributed by atoms with van der Waals surface area (Å²) in [6.45, 7) is 12.1. The molecule has 0 atom stereocenters. The van der Waals surface area contributed by atoms with Crippen molar-refractivity contribution in [2.24, 2.45) is 4.99 Å². The summed E-state index contributed by atoms with van der Waals surface area (Å²) in [5.41, 5.74) is 12.3. The Morgan fingerprint density at radius 1 is 0.643 bits per heavy atom. The number of esters is 2. The molecule has 8 heterocycles. The number of ether oxygens (including phenoxy) is 2. The van der Waals surface area contributed by atoms with E-state index in [0.29, 0.717) is 23.0 Å². The second-order valence-corrected chi connectivity index (χ2v) is 25.9. The molecule has 4 saturated heterocycles. The molecule has 512 valence electrons. The van der Waals surface area contributed by atoms with Gasteiger partial charge in [-0.15, -0.1) is 0 Å². The number of phenols is 2. The van der Waals surface area contributed by atoms with Crippen LogP contribution in [0.1, 0.15) is 83.0 Å². The summed E-state index contributed by atoms with van der Waals surface area (Å²) < 4.78 is 68.8. The van der Waals surface area contributed by atoms with E-state index >= 15 is 0 Å². The van der Waals surface area contributed by atoms with Crippen LogP contribution in [0.15, 0.2) is 184 Å². The average Bonchev–Trinajstić information content (AvgIpc) is 1.62. The maximum absolute atomic E-state index is 13.9. The van der Waals surface area contributed by atoms with Gasteiger partial charge in [0.05, 0.1) is 53.7 Å². The number of carbonyl (C=O) groups excluding carboxylic acids is 3. The number of aromatic hydroxyl groups is 2. The zero-order valence-electron chi connectivity index (χ0n) is 54.0. The molecule has 4 N–H and O–H groups in total. The van der Waals surface area contributed by atoms with E-state index in [1.807, 2.05) is 96.8 Å². The van der Waals surface area contributed by atoms with Crippen molar-refractivity contribution in [3.8, 4) is 45.6 Å². The molecule has 0 spiro atoms. The maximum atomic E-state index is 13.9. The number of nitro benzene ring substituents is 1. The summed E-state index contributed by atoms with van der Waals surface area (Å²) in [7, 11) is 0.623. The van der Waals surface area contributed by atoms with Crippen molar-refractivity contribution in [1.82, 2.24) is 28.7 Å². The number of nitro groups is 1. The van der Waals surface area contributed by atoms with Gasteiger partial charge in [0.2, 0.25) is 0 Å². The zero-order chi connectivity index (χ0) is 70.7. The number of hydrogen-bond acceptors (Lipinski definition) is 18. The number of rotatable bonds is 10. The lowest BCUT2D eigenvalue weighted by molar-refractivity contribution is -0.384. The van der Waals surface area contributed by atoms with Crippen molar-refractivity contribution in [2.45, 2.75) is 83.8 Å². The third kappa shape index (κ3) is 20.8. The Bertz CT molecular complexity index is 4210. The van der Waals surface area contributed by atoms with Crippen LogP contribution < -0.4 is 25.7 Å². The predicted molar refractivity (Wildman–Crippen MR) is 380 cm³/mol. The van der Waals surface area contributed by atoms with Gasteiger partial charge in [-0.25, -0.2) is 28.1 Å². The van der Waals surface area contributed by atoms with Crippen LogP contribution in [0.25, 0.3) is 28.3 Å². The average molecular weight is 1540 g/mol. The van der Waals surface area contributed by atoms with Crippen molar-refractivity contribution in [1.29, 1.82) is 0 Å². The first kappa shape index (κ1) is 74.4. The number of nitrogens with zero attached hydrogens (tertiary/aromatic N) is 10. The molecule has 6 aromatic carbocycles. The number of benzene rings is 6. The summed E-state index contributed by atoms with van der Waals surface area (Å²) in [6.07, 6.45) is 21.6. The first-order valence-corrected chi connectivity index (χ1v) is 33.1.